The summed E-state index contributed by atoms with van der Waals surface area (Å²) in [7, 11) is -4.07. The third-order valence-corrected chi connectivity index (χ3v) is 10.5. The van der Waals surface area contributed by atoms with Gasteiger partial charge in [0.1, 0.15) is 0 Å². The SMILES string of the molecule is c1ccc2c(c1)O[Si-]1(C3C[C@H]4CC[C@@H]3C4)(O2)Oc2ccccc2O1. The fourth-order valence-corrected chi connectivity index (χ4v) is 10.2. The van der Waals surface area contributed by atoms with Crippen LogP contribution in [0.4, 0.5) is 0 Å². The first kappa shape index (κ1) is 13.2. The minimum atomic E-state index is -4.07. The van der Waals surface area contributed by atoms with E-state index in [1.165, 1.54) is 19.3 Å². The summed E-state index contributed by atoms with van der Waals surface area (Å²) >= 11 is 0. The Kier molecular flexibility index (Phi) is 2.24. The number of hydrogen-bond acceptors (Lipinski definition) is 4. The maximum absolute atomic E-state index is 6.55. The third kappa shape index (κ3) is 1.49. The topological polar surface area (TPSA) is 36.9 Å². The first-order valence-electron chi connectivity index (χ1n) is 8.86. The zero-order chi connectivity index (χ0) is 15.8. The molecule has 2 bridgehead atoms. The first-order valence-corrected chi connectivity index (χ1v) is 11.1. The second-order valence-electron chi connectivity index (χ2n) is 7.55. The van der Waals surface area contributed by atoms with Gasteiger partial charge in [-0.3, -0.25) is 0 Å². The van der Waals surface area contributed by atoms with Gasteiger partial charge in [0.05, 0.1) is 0 Å². The number of hydrogen-bond donors (Lipinski definition) is 0. The van der Waals surface area contributed by atoms with Crippen molar-refractivity contribution in [1.29, 1.82) is 0 Å². The van der Waals surface area contributed by atoms with E-state index in [0.717, 1.165) is 35.3 Å². The Balaban J connectivity index is 1.53. The molecule has 2 heterocycles. The molecule has 0 saturated heterocycles. The van der Waals surface area contributed by atoms with Gasteiger partial charge in [0.25, 0.3) is 0 Å². The molecule has 24 heavy (non-hydrogen) atoms. The van der Waals surface area contributed by atoms with Crippen molar-refractivity contribution >= 4 is 8.33 Å². The van der Waals surface area contributed by atoms with E-state index in [1.54, 1.807) is 0 Å². The Morgan fingerprint density at radius 1 is 0.667 bits per heavy atom. The average Bonchev–Trinajstić information content (AvgIpc) is 3.35. The molecular weight excluding hydrogens is 320 g/mol. The van der Waals surface area contributed by atoms with Crippen LogP contribution < -0.4 is 17.7 Å². The van der Waals surface area contributed by atoms with Crippen molar-refractivity contribution in [2.45, 2.75) is 31.2 Å². The van der Waals surface area contributed by atoms with Gasteiger partial charge < -0.3 is 0 Å². The summed E-state index contributed by atoms with van der Waals surface area (Å²) < 4.78 is 26.2. The molecule has 124 valence electrons. The van der Waals surface area contributed by atoms with Crippen LogP contribution in [0.3, 0.4) is 0 Å². The summed E-state index contributed by atoms with van der Waals surface area (Å²) in [4.78, 5) is 0. The Hall–Kier alpha value is -2.14. The molecule has 4 nitrogen and oxygen atoms in total. The summed E-state index contributed by atoms with van der Waals surface area (Å²) in [5, 5.41) is 0. The normalized spacial score (nSPS) is 34.2. The predicted octanol–water partition coefficient (Wildman–Crippen LogP) is 4.51. The molecule has 2 saturated carbocycles. The van der Waals surface area contributed by atoms with Gasteiger partial charge in [-0.25, -0.2) is 0 Å². The van der Waals surface area contributed by atoms with Crippen molar-refractivity contribution in [1.82, 2.24) is 0 Å². The molecule has 3 atom stereocenters. The summed E-state index contributed by atoms with van der Waals surface area (Å²) in [6.45, 7) is 0. The minimum absolute atomic E-state index is 0.212. The number of benzene rings is 2. The second-order valence-corrected chi connectivity index (χ2v) is 11.1. The van der Waals surface area contributed by atoms with Gasteiger partial charge in [0, 0.05) is 0 Å². The van der Waals surface area contributed by atoms with Crippen molar-refractivity contribution in [3.8, 4) is 23.0 Å². The van der Waals surface area contributed by atoms with Gasteiger partial charge in [-0.2, -0.15) is 0 Å². The number of rotatable bonds is 1. The van der Waals surface area contributed by atoms with Crippen LogP contribution >= 0.6 is 0 Å². The van der Waals surface area contributed by atoms with Crippen molar-refractivity contribution in [2.24, 2.45) is 11.8 Å². The Morgan fingerprint density at radius 3 is 1.54 bits per heavy atom. The van der Waals surface area contributed by atoms with Crippen LogP contribution in [0.5, 0.6) is 23.0 Å². The summed E-state index contributed by atoms with van der Waals surface area (Å²) in [6, 6.07) is 15.7. The molecule has 0 aromatic heterocycles. The molecule has 2 fully saturated rings. The summed E-state index contributed by atoms with van der Waals surface area (Å²) in [5.41, 5.74) is 0.212. The van der Waals surface area contributed by atoms with E-state index in [4.69, 9.17) is 17.7 Å². The molecule has 2 aromatic rings. The Morgan fingerprint density at radius 2 is 1.17 bits per heavy atom. The Labute approximate surface area is 141 Å². The van der Waals surface area contributed by atoms with Crippen LogP contribution in [0.15, 0.2) is 48.5 Å². The predicted molar refractivity (Wildman–Crippen MR) is 90.3 cm³/mol. The van der Waals surface area contributed by atoms with E-state index >= 15 is 0 Å². The molecule has 5 heteroatoms. The molecule has 6 rings (SSSR count). The van der Waals surface area contributed by atoms with Crippen LogP contribution in [0.2, 0.25) is 5.54 Å². The zero-order valence-electron chi connectivity index (χ0n) is 13.3. The van der Waals surface area contributed by atoms with Gasteiger partial charge in [-0.05, 0) is 0 Å². The molecule has 1 spiro atoms. The molecule has 2 aliphatic heterocycles. The number of para-hydroxylation sites is 4. The molecule has 0 amide bonds. The van der Waals surface area contributed by atoms with Crippen LogP contribution in [-0.2, 0) is 0 Å². The van der Waals surface area contributed by atoms with Crippen molar-refractivity contribution in [2.75, 3.05) is 0 Å². The van der Waals surface area contributed by atoms with E-state index in [-0.39, 0.29) is 5.54 Å². The molecule has 0 N–H and O–H groups in total. The quantitative estimate of drug-likeness (QED) is 0.716. The molecular formula is C19H19O4Si-. The molecule has 2 aromatic carbocycles. The maximum atomic E-state index is 6.55. The number of fused-ring (bicyclic) bond motifs is 4. The zero-order valence-corrected chi connectivity index (χ0v) is 14.3. The van der Waals surface area contributed by atoms with E-state index in [0.29, 0.717) is 5.92 Å². The third-order valence-electron chi connectivity index (χ3n) is 6.22. The van der Waals surface area contributed by atoms with Crippen molar-refractivity contribution in [3.05, 3.63) is 48.5 Å². The van der Waals surface area contributed by atoms with Crippen LogP contribution in [0.25, 0.3) is 0 Å². The fourth-order valence-electron chi connectivity index (χ4n) is 5.28. The van der Waals surface area contributed by atoms with Crippen molar-refractivity contribution < 1.29 is 17.7 Å². The van der Waals surface area contributed by atoms with E-state index in [9.17, 15) is 0 Å². The first-order chi connectivity index (χ1) is 11.7. The van der Waals surface area contributed by atoms with E-state index in [1.807, 2.05) is 48.5 Å². The second kappa shape index (κ2) is 4.09. The van der Waals surface area contributed by atoms with Crippen LogP contribution in [0, 0.1) is 11.8 Å². The van der Waals surface area contributed by atoms with Gasteiger partial charge in [0.2, 0.25) is 0 Å². The molecule has 2 aliphatic carbocycles. The van der Waals surface area contributed by atoms with Gasteiger partial charge >= 0.3 is 141 Å². The van der Waals surface area contributed by atoms with E-state index in [2.05, 4.69) is 0 Å². The molecule has 0 radical (unpaired) electrons. The fraction of sp³-hybridized carbons (Fsp3) is 0.368. The molecule has 4 aliphatic rings. The standard InChI is InChI=1S/C19H19O4Si/c1-2-6-16-15(5-1)20-24(21-16,19-12-13-9-10-14(19)11-13)22-17-7-3-4-8-18(17)23-24/h1-8,13-14,19H,9-12H2/q-1/t13-,14+,19?/m0/s1. The van der Waals surface area contributed by atoms with Crippen molar-refractivity contribution in [3.63, 3.8) is 0 Å². The summed E-state index contributed by atoms with van der Waals surface area (Å²) in [5.74, 6) is 4.34. The summed E-state index contributed by atoms with van der Waals surface area (Å²) in [6.07, 6.45) is 4.88. The van der Waals surface area contributed by atoms with Gasteiger partial charge in [-0.1, -0.05) is 0 Å². The van der Waals surface area contributed by atoms with Gasteiger partial charge in [0.15, 0.2) is 0 Å². The van der Waals surface area contributed by atoms with Crippen LogP contribution in [0.1, 0.15) is 25.7 Å². The monoisotopic (exact) mass is 339 g/mol. The van der Waals surface area contributed by atoms with Gasteiger partial charge in [-0.15, -0.1) is 0 Å². The van der Waals surface area contributed by atoms with E-state index < -0.39 is 8.33 Å². The Bertz CT molecular complexity index is 738. The van der Waals surface area contributed by atoms with Crippen LogP contribution in [-0.4, -0.2) is 8.33 Å². The molecule has 1 unspecified atom stereocenters. The average molecular weight is 339 g/mol.